The molecule has 0 atom stereocenters. The van der Waals surface area contributed by atoms with Gasteiger partial charge in [0.1, 0.15) is 0 Å². The third-order valence-electron chi connectivity index (χ3n) is 2.34. The molecule has 0 unspecified atom stereocenters. The molecule has 0 saturated carbocycles. The molecule has 0 bridgehead atoms. The van der Waals surface area contributed by atoms with Gasteiger partial charge in [-0.15, -0.1) is 0 Å². The van der Waals surface area contributed by atoms with Gasteiger partial charge in [-0.2, -0.15) is 0 Å². The molecule has 17 heavy (non-hydrogen) atoms. The van der Waals surface area contributed by atoms with Gasteiger partial charge in [-0.3, -0.25) is 0 Å². The predicted octanol–water partition coefficient (Wildman–Crippen LogP) is -2.52. The van der Waals surface area contributed by atoms with Crippen LogP contribution < -0.4 is 34.0 Å². The average molecular weight is 433 g/mol. The molecule has 0 aliphatic carbocycles. The molecule has 0 spiro atoms. The van der Waals surface area contributed by atoms with Crippen molar-refractivity contribution in [3.63, 3.8) is 0 Å². The van der Waals surface area contributed by atoms with Crippen molar-refractivity contribution in [3.05, 3.63) is 71.8 Å². The van der Waals surface area contributed by atoms with Crippen molar-refractivity contribution in [2.24, 2.45) is 0 Å². The van der Waals surface area contributed by atoms with E-state index < -0.39 is 0 Å². The SMILES string of the molecule is [Br-].[Br-].c1ccc([CH2][Zr+2][CH2]c2ccccc2)cc1. The first kappa shape index (κ1) is 17.3. The molecule has 2 aromatic carbocycles. The molecule has 3 heteroatoms. The first-order valence-corrected chi connectivity index (χ1v) is 8.71. The maximum atomic E-state index is 2.24. The van der Waals surface area contributed by atoms with Crippen molar-refractivity contribution in [1.29, 1.82) is 0 Å². The second kappa shape index (κ2) is 10.2. The molecule has 0 fully saturated rings. The van der Waals surface area contributed by atoms with E-state index in [0.717, 1.165) is 0 Å². The topological polar surface area (TPSA) is 0 Å². The van der Waals surface area contributed by atoms with Crippen molar-refractivity contribution >= 4 is 0 Å². The third-order valence-corrected chi connectivity index (χ3v) is 5.58. The Morgan fingerprint density at radius 1 is 0.588 bits per heavy atom. The van der Waals surface area contributed by atoms with Gasteiger partial charge in [0, 0.05) is 0 Å². The van der Waals surface area contributed by atoms with E-state index in [9.17, 15) is 0 Å². The number of hydrogen-bond donors (Lipinski definition) is 0. The normalized spacial score (nSPS) is 8.47. The van der Waals surface area contributed by atoms with Crippen molar-refractivity contribution in [2.45, 2.75) is 8.26 Å². The van der Waals surface area contributed by atoms with E-state index in [1.807, 2.05) is 0 Å². The third kappa shape index (κ3) is 6.69. The zero-order chi connectivity index (χ0) is 10.3. The van der Waals surface area contributed by atoms with E-state index >= 15 is 0 Å². The van der Waals surface area contributed by atoms with Crippen LogP contribution >= 0.6 is 0 Å². The van der Waals surface area contributed by atoms with Gasteiger partial charge in [-0.05, 0) is 0 Å². The Hall–Kier alpha value is 0.283. The first-order chi connectivity index (χ1) is 7.45. The fraction of sp³-hybridized carbons (Fsp3) is 0.143. The van der Waals surface area contributed by atoms with Crippen LogP contribution in [-0.4, -0.2) is 0 Å². The van der Waals surface area contributed by atoms with Gasteiger partial charge in [-0.1, -0.05) is 0 Å². The number of rotatable bonds is 4. The summed E-state index contributed by atoms with van der Waals surface area (Å²) in [5.41, 5.74) is 3.03. The van der Waals surface area contributed by atoms with Crippen molar-refractivity contribution in [1.82, 2.24) is 0 Å². The van der Waals surface area contributed by atoms with E-state index in [1.165, 1.54) is 19.4 Å². The summed E-state index contributed by atoms with van der Waals surface area (Å²) in [6, 6.07) is 21.7. The summed E-state index contributed by atoms with van der Waals surface area (Å²) in [6.07, 6.45) is 0. The van der Waals surface area contributed by atoms with Crippen LogP contribution in [0.3, 0.4) is 0 Å². The van der Waals surface area contributed by atoms with E-state index in [4.69, 9.17) is 0 Å². The van der Waals surface area contributed by atoms with Crippen molar-refractivity contribution < 1.29 is 57.2 Å². The van der Waals surface area contributed by atoms with E-state index in [1.54, 1.807) is 0 Å². The Labute approximate surface area is 136 Å². The number of hydrogen-bond acceptors (Lipinski definition) is 0. The Balaban J connectivity index is 0.00000128. The number of halogens is 2. The van der Waals surface area contributed by atoms with Gasteiger partial charge in [0.15, 0.2) is 0 Å². The minimum absolute atomic E-state index is 0. The zero-order valence-corrected chi connectivity index (χ0v) is 15.1. The van der Waals surface area contributed by atoms with Crippen LogP contribution in [0.15, 0.2) is 60.7 Å². The quantitative estimate of drug-likeness (QED) is 0.500. The summed E-state index contributed by atoms with van der Waals surface area (Å²) in [4.78, 5) is 0. The molecule has 0 aromatic heterocycles. The Morgan fingerprint density at radius 3 is 1.29 bits per heavy atom. The van der Waals surface area contributed by atoms with E-state index in [2.05, 4.69) is 60.7 Å². The molecule has 0 N–H and O–H groups in total. The minimum atomic E-state index is -0.258. The molecule has 0 aliphatic heterocycles. The van der Waals surface area contributed by atoms with Crippen LogP contribution in [0.4, 0.5) is 0 Å². The van der Waals surface area contributed by atoms with Crippen LogP contribution in [0.25, 0.3) is 0 Å². The molecule has 0 saturated heterocycles. The maximum absolute atomic E-state index is 2.24. The van der Waals surface area contributed by atoms with Gasteiger partial charge in [-0.25, -0.2) is 0 Å². The molecule has 0 radical (unpaired) electrons. The van der Waals surface area contributed by atoms with Crippen molar-refractivity contribution in [2.75, 3.05) is 0 Å². The summed E-state index contributed by atoms with van der Waals surface area (Å²) >= 11 is -0.258. The van der Waals surface area contributed by atoms with Gasteiger partial charge >= 0.3 is 103 Å². The van der Waals surface area contributed by atoms with E-state index in [-0.39, 0.29) is 57.2 Å². The second-order valence-electron chi connectivity index (χ2n) is 3.57. The van der Waals surface area contributed by atoms with Gasteiger partial charge in [0.05, 0.1) is 0 Å². The Morgan fingerprint density at radius 2 is 0.941 bits per heavy atom. The molecular weight excluding hydrogens is 419 g/mol. The molecule has 0 nitrogen and oxygen atoms in total. The van der Waals surface area contributed by atoms with Crippen LogP contribution in [0.1, 0.15) is 11.1 Å². The average Bonchev–Trinajstić information content (AvgIpc) is 2.32. The molecule has 88 valence electrons. The predicted molar refractivity (Wildman–Crippen MR) is 60.3 cm³/mol. The second-order valence-corrected chi connectivity index (χ2v) is 6.54. The van der Waals surface area contributed by atoms with Crippen LogP contribution in [0, 0.1) is 0 Å². The summed E-state index contributed by atoms with van der Waals surface area (Å²) in [6.45, 7) is 0. The van der Waals surface area contributed by atoms with Gasteiger partial charge < -0.3 is 34.0 Å². The Kier molecular flexibility index (Phi) is 10.4. The summed E-state index contributed by atoms with van der Waals surface area (Å²) in [5.74, 6) is 0. The fourth-order valence-corrected chi connectivity index (χ4v) is 4.43. The van der Waals surface area contributed by atoms with Crippen molar-refractivity contribution in [3.8, 4) is 0 Å². The first-order valence-electron chi connectivity index (χ1n) is 5.24. The Bertz CT molecular complexity index is 350. The molecule has 0 amide bonds. The van der Waals surface area contributed by atoms with Crippen LogP contribution in [0.2, 0.25) is 0 Å². The fourth-order valence-electron chi connectivity index (χ4n) is 1.54. The molecule has 0 aliphatic rings. The zero-order valence-electron chi connectivity index (χ0n) is 9.44. The van der Waals surface area contributed by atoms with E-state index in [0.29, 0.717) is 0 Å². The molecule has 0 heterocycles. The molecule has 2 aromatic rings. The monoisotopic (exact) mass is 430 g/mol. The summed E-state index contributed by atoms with van der Waals surface area (Å²) in [7, 11) is 0. The number of benzene rings is 2. The summed E-state index contributed by atoms with van der Waals surface area (Å²) < 4.78 is 2.69. The van der Waals surface area contributed by atoms with Gasteiger partial charge in [0.2, 0.25) is 0 Å². The van der Waals surface area contributed by atoms with Crippen LogP contribution in [0.5, 0.6) is 0 Å². The standard InChI is InChI=1S/2C7H7.2BrH.Zr/c2*1-7-5-3-2-4-6-7;;;/h2*2-6H,1H2;2*1H;/q;;;;+2/p-2. The van der Waals surface area contributed by atoms with Gasteiger partial charge in [0.25, 0.3) is 0 Å². The van der Waals surface area contributed by atoms with Crippen LogP contribution in [-0.2, 0) is 31.5 Å². The molecular formula is C14H14Br2Zr. The molecule has 2 rings (SSSR count). The summed E-state index contributed by atoms with van der Waals surface area (Å²) in [5, 5.41) is 0.